The molecule has 0 aliphatic carbocycles. The van der Waals surface area contributed by atoms with Gasteiger partial charge in [0.25, 0.3) is 0 Å². The second-order valence-electron chi connectivity index (χ2n) is 15.7. The van der Waals surface area contributed by atoms with Gasteiger partial charge in [0.05, 0.1) is 0 Å². The lowest BCUT2D eigenvalue weighted by Gasteiger charge is -2.10. The minimum atomic E-state index is -0.130. The molecule has 4 amide bonds. The molecule has 10 heteroatoms. The third-order valence-electron chi connectivity index (χ3n) is 10.3. The number of nitrogens with zero attached hydrogens (tertiary/aromatic N) is 2. The Morgan fingerprint density at radius 1 is 0.419 bits per heavy atom. The lowest BCUT2D eigenvalue weighted by Crippen LogP contribution is -2.15. The molecule has 0 atom stereocenters. The Bertz CT molecular complexity index is 2240. The van der Waals surface area contributed by atoms with Gasteiger partial charge in [-0.3, -0.25) is 19.2 Å². The van der Waals surface area contributed by atoms with Gasteiger partial charge < -0.3 is 21.3 Å². The second-order valence-corrected chi connectivity index (χ2v) is 15.7. The molecule has 0 unspecified atom stereocenters. The summed E-state index contributed by atoms with van der Waals surface area (Å²) in [6.45, 7) is 8.38. The molecule has 0 bridgehead atoms. The first-order valence-electron chi connectivity index (χ1n) is 22.4. The van der Waals surface area contributed by atoms with Crippen molar-refractivity contribution in [3.63, 3.8) is 0 Å². The molecule has 4 N–H and O–H groups in total. The Morgan fingerprint density at radius 2 is 0.742 bits per heavy atom. The van der Waals surface area contributed by atoms with Gasteiger partial charge in [-0.1, -0.05) is 127 Å². The Morgan fingerprint density at radius 3 is 1.05 bits per heavy atom. The van der Waals surface area contributed by atoms with E-state index in [0.29, 0.717) is 60.1 Å². The Balaban J connectivity index is 1.48. The normalized spacial score (nSPS) is 10.6. The fourth-order valence-electron chi connectivity index (χ4n) is 6.97. The first-order valence-corrected chi connectivity index (χ1v) is 22.4. The predicted octanol–water partition coefficient (Wildman–Crippen LogP) is 11.7. The van der Waals surface area contributed by atoms with Crippen LogP contribution in [-0.4, -0.2) is 33.6 Å². The van der Waals surface area contributed by atoms with Crippen LogP contribution in [0.15, 0.2) is 72.8 Å². The number of pyridine rings is 2. The van der Waals surface area contributed by atoms with E-state index in [2.05, 4.69) is 107 Å². The smallest absolute Gasteiger partial charge is 0.225 e. The third kappa shape index (κ3) is 14.9. The number of unbranched alkanes of at least 4 members (excludes halogenated alkanes) is 8. The average Bonchev–Trinajstić information content (AvgIpc) is 3.24. The first-order chi connectivity index (χ1) is 30.2. The summed E-state index contributed by atoms with van der Waals surface area (Å²) in [5.41, 5.74) is 2.80. The molecule has 0 aliphatic rings. The van der Waals surface area contributed by atoms with Crippen LogP contribution in [0.1, 0.15) is 153 Å². The SMILES string of the molecule is CCCCCC(=O)Nc1cc(C#Cc2cccc3cc4cccc(C#Cc5cc(NC(=O)CCCCC)nc(NC(=O)CCCCC)c5)c4cc23)cc(NC(=O)CCCCC)n1. The van der Waals surface area contributed by atoms with Gasteiger partial charge in [-0.05, 0) is 95.8 Å². The number of hydrogen-bond acceptors (Lipinski definition) is 6. The molecule has 0 saturated heterocycles. The van der Waals surface area contributed by atoms with Crippen molar-refractivity contribution < 1.29 is 19.2 Å². The molecule has 5 rings (SSSR count). The summed E-state index contributed by atoms with van der Waals surface area (Å²) in [4.78, 5) is 60.1. The van der Waals surface area contributed by atoms with E-state index in [4.69, 9.17) is 0 Å². The van der Waals surface area contributed by atoms with Crippen molar-refractivity contribution in [2.45, 2.75) is 130 Å². The molecule has 5 aromatic rings. The number of amides is 4. The lowest BCUT2D eigenvalue weighted by atomic mass is 9.97. The number of carbonyl (C=O) groups excluding carboxylic acids is 4. The zero-order valence-electron chi connectivity index (χ0n) is 36.8. The molecule has 0 spiro atoms. The van der Waals surface area contributed by atoms with E-state index in [1.165, 1.54) is 0 Å². The molecular weight excluding hydrogens is 773 g/mol. The number of aromatic nitrogens is 2. The molecule has 2 heterocycles. The van der Waals surface area contributed by atoms with Crippen molar-refractivity contribution in [2.24, 2.45) is 0 Å². The fraction of sp³-hybridized carbons (Fsp3) is 0.385. The first kappa shape index (κ1) is 46.5. The Kier molecular flexibility index (Phi) is 18.5. The molecule has 2 aromatic heterocycles. The largest absolute Gasteiger partial charge is 0.311 e. The monoisotopic (exact) mass is 832 g/mol. The summed E-state index contributed by atoms with van der Waals surface area (Å²) in [6.07, 6.45) is 12.6. The molecule has 3 aromatic carbocycles. The van der Waals surface area contributed by atoms with Crippen LogP contribution in [0.3, 0.4) is 0 Å². The number of anilines is 4. The van der Waals surface area contributed by atoms with Crippen LogP contribution < -0.4 is 21.3 Å². The zero-order valence-corrected chi connectivity index (χ0v) is 36.8. The van der Waals surface area contributed by atoms with E-state index in [1.54, 1.807) is 24.3 Å². The highest BCUT2D eigenvalue weighted by Gasteiger charge is 2.12. The van der Waals surface area contributed by atoms with E-state index >= 15 is 0 Å². The summed E-state index contributed by atoms with van der Waals surface area (Å²) in [5, 5.41) is 15.5. The van der Waals surface area contributed by atoms with Crippen molar-refractivity contribution in [1.29, 1.82) is 0 Å². The van der Waals surface area contributed by atoms with Crippen molar-refractivity contribution in [3.8, 4) is 23.7 Å². The molecule has 10 nitrogen and oxygen atoms in total. The number of rotatable bonds is 20. The quantitative estimate of drug-likeness (QED) is 0.0349. The van der Waals surface area contributed by atoms with Gasteiger partial charge in [0.15, 0.2) is 0 Å². The molecule has 62 heavy (non-hydrogen) atoms. The van der Waals surface area contributed by atoms with E-state index in [9.17, 15) is 19.2 Å². The minimum absolute atomic E-state index is 0.130. The standard InChI is InChI=1S/C52H60N6O4/c1-5-9-13-23-49(59)55-45-31-37(32-46(53-45)56-50(60)24-14-10-6-2)27-29-39-19-17-21-41-35-42-22-18-20-40(44(42)36-43(39)41)30-28-38-33-47(57-51(61)25-15-11-7-3)54-48(34-38)58-52(62)26-16-12-8-4/h17-22,31-36H,5-16,23-26H2,1-4H3,(H2,53,55,56,59,60)(H2,54,57,58,61,62). The summed E-state index contributed by atoms with van der Waals surface area (Å²) in [5.74, 6) is 14.1. The summed E-state index contributed by atoms with van der Waals surface area (Å²) >= 11 is 0. The number of carbonyl (C=O) groups is 4. The van der Waals surface area contributed by atoms with Gasteiger partial charge in [-0.15, -0.1) is 0 Å². The third-order valence-corrected chi connectivity index (χ3v) is 10.3. The summed E-state index contributed by atoms with van der Waals surface area (Å²) in [6, 6.07) is 23.1. The summed E-state index contributed by atoms with van der Waals surface area (Å²) < 4.78 is 0. The van der Waals surface area contributed by atoms with Crippen LogP contribution in [0.5, 0.6) is 0 Å². The lowest BCUT2D eigenvalue weighted by molar-refractivity contribution is -0.117. The van der Waals surface area contributed by atoms with E-state index < -0.39 is 0 Å². The molecular formula is C52H60N6O4. The molecule has 0 radical (unpaired) electrons. The van der Waals surface area contributed by atoms with Crippen molar-refractivity contribution in [3.05, 3.63) is 95.1 Å². The maximum absolute atomic E-state index is 12.8. The minimum Gasteiger partial charge on any atom is -0.311 e. The highest BCUT2D eigenvalue weighted by molar-refractivity contribution is 6.03. The fourth-order valence-corrected chi connectivity index (χ4v) is 6.97. The summed E-state index contributed by atoms with van der Waals surface area (Å²) in [7, 11) is 0. The maximum Gasteiger partial charge on any atom is 0.225 e. The topological polar surface area (TPSA) is 142 Å². The van der Waals surface area contributed by atoms with Crippen molar-refractivity contribution in [1.82, 2.24) is 9.97 Å². The van der Waals surface area contributed by atoms with Gasteiger partial charge in [-0.2, -0.15) is 0 Å². The van der Waals surface area contributed by atoms with E-state index in [0.717, 1.165) is 110 Å². The number of hydrogen-bond donors (Lipinski definition) is 4. The van der Waals surface area contributed by atoms with Crippen LogP contribution in [0, 0.1) is 23.7 Å². The Labute approximate surface area is 366 Å². The van der Waals surface area contributed by atoms with E-state index in [1.807, 2.05) is 24.3 Å². The number of benzene rings is 3. The zero-order chi connectivity index (χ0) is 44.1. The molecule has 0 aliphatic heterocycles. The van der Waals surface area contributed by atoms with Crippen LogP contribution in [0.2, 0.25) is 0 Å². The van der Waals surface area contributed by atoms with Crippen LogP contribution in [0.25, 0.3) is 21.5 Å². The van der Waals surface area contributed by atoms with E-state index in [-0.39, 0.29) is 23.6 Å². The van der Waals surface area contributed by atoms with Gasteiger partial charge in [0.1, 0.15) is 23.3 Å². The predicted molar refractivity (Wildman–Crippen MR) is 253 cm³/mol. The van der Waals surface area contributed by atoms with Gasteiger partial charge in [-0.25, -0.2) is 9.97 Å². The molecule has 0 saturated carbocycles. The van der Waals surface area contributed by atoms with Gasteiger partial charge >= 0.3 is 0 Å². The van der Waals surface area contributed by atoms with Crippen molar-refractivity contribution >= 4 is 68.4 Å². The average molecular weight is 833 g/mol. The van der Waals surface area contributed by atoms with Crippen molar-refractivity contribution in [2.75, 3.05) is 21.3 Å². The van der Waals surface area contributed by atoms with Crippen LogP contribution in [0.4, 0.5) is 23.3 Å². The van der Waals surface area contributed by atoms with Gasteiger partial charge in [0, 0.05) is 47.9 Å². The number of nitrogens with one attached hydrogen (secondary N) is 4. The van der Waals surface area contributed by atoms with Crippen LogP contribution in [-0.2, 0) is 19.2 Å². The highest BCUT2D eigenvalue weighted by Crippen LogP contribution is 2.28. The van der Waals surface area contributed by atoms with Gasteiger partial charge in [0.2, 0.25) is 23.6 Å². The molecule has 322 valence electrons. The Hall–Kier alpha value is -6.52. The highest BCUT2D eigenvalue weighted by atomic mass is 16.2. The second kappa shape index (κ2) is 24.7. The molecule has 0 fully saturated rings. The maximum atomic E-state index is 12.8. The number of fused-ring (bicyclic) bond motifs is 2. The van der Waals surface area contributed by atoms with Crippen LogP contribution >= 0.6 is 0 Å².